The Kier molecular flexibility index (Phi) is 18.8. The van der Waals surface area contributed by atoms with Crippen LogP contribution in [0.4, 0.5) is 10.5 Å². The number of pyridine rings is 1. The zero-order chi connectivity index (χ0) is 49.4. The number of carbonyl (C=O) groups is 2. The van der Waals surface area contributed by atoms with Gasteiger partial charge in [0.05, 0.1) is 23.9 Å². The van der Waals surface area contributed by atoms with E-state index in [1.807, 2.05) is 103 Å². The summed E-state index contributed by atoms with van der Waals surface area (Å²) in [5.74, 6) is 0.863. The highest BCUT2D eigenvalue weighted by Crippen LogP contribution is 2.42. The monoisotopic (exact) mass is 964 g/mol. The highest BCUT2D eigenvalue weighted by atomic mass is 28.4. The lowest BCUT2D eigenvalue weighted by molar-refractivity contribution is -0.118. The average molecular weight is 964 g/mol. The third kappa shape index (κ3) is 15.3. The van der Waals surface area contributed by atoms with Gasteiger partial charge < -0.3 is 29.1 Å². The minimum atomic E-state index is -2.29. The maximum atomic E-state index is 13.0. The minimum absolute atomic E-state index is 0.0228. The lowest BCUT2D eigenvalue weighted by Gasteiger charge is -2.41. The largest absolute Gasteiger partial charge is 0.487 e. The molecular weight excluding hydrogens is 891 g/mol. The number of anilines is 1. The zero-order valence-corrected chi connectivity index (χ0v) is 42.9. The van der Waals surface area contributed by atoms with Crippen molar-refractivity contribution in [2.45, 2.75) is 103 Å². The molecule has 7 rings (SSSR count). The fourth-order valence-corrected chi connectivity index (χ4v) is 10.1. The second-order valence-electron chi connectivity index (χ2n) is 20.1. The first kappa shape index (κ1) is 51.9. The lowest BCUT2D eigenvalue weighted by atomic mass is 10.0. The van der Waals surface area contributed by atoms with E-state index in [-0.39, 0.29) is 28.6 Å². The number of Topliss-reactive ketones (excluding diaryl/α,β-unsaturated/α-hetero) is 1. The van der Waals surface area contributed by atoms with Crippen molar-refractivity contribution < 1.29 is 23.5 Å². The van der Waals surface area contributed by atoms with Crippen LogP contribution in [-0.4, -0.2) is 86.9 Å². The summed E-state index contributed by atoms with van der Waals surface area (Å²) < 4.78 is 19.5. The molecule has 0 bridgehead atoms. The van der Waals surface area contributed by atoms with Crippen molar-refractivity contribution in [2.75, 3.05) is 51.1 Å². The molecule has 0 radical (unpaired) electrons. The number of hydrogen-bond donors (Lipinski definition) is 3. The van der Waals surface area contributed by atoms with Crippen molar-refractivity contribution >= 4 is 36.8 Å². The Bertz CT molecular complexity index is 2630. The van der Waals surface area contributed by atoms with Gasteiger partial charge in [0.1, 0.15) is 24.2 Å². The van der Waals surface area contributed by atoms with Gasteiger partial charge in [0.25, 0.3) is 0 Å². The first-order valence-corrected chi connectivity index (χ1v) is 28.1. The van der Waals surface area contributed by atoms with Crippen LogP contribution in [-0.2, 0) is 27.1 Å². The normalized spacial score (nSPS) is 14.1. The summed E-state index contributed by atoms with van der Waals surface area (Å²) in [6.07, 6.45) is 4.00. The van der Waals surface area contributed by atoms with E-state index in [0.29, 0.717) is 37.4 Å². The molecule has 12 heteroatoms. The number of ether oxygens (including phenoxy) is 2. The van der Waals surface area contributed by atoms with Crippen molar-refractivity contribution in [3.05, 3.63) is 167 Å². The summed E-state index contributed by atoms with van der Waals surface area (Å²) in [4.78, 5) is 46.6. The van der Waals surface area contributed by atoms with Crippen LogP contribution in [0.5, 0.6) is 5.75 Å². The number of carbonyl (C=O) groups excluding carboxylic acids is 2. The number of para-hydroxylation sites is 1. The van der Waals surface area contributed by atoms with Crippen molar-refractivity contribution in [1.29, 1.82) is 0 Å². The Labute approximate surface area is 416 Å². The first-order chi connectivity index (χ1) is 33.8. The standard InChI is InChI=1S/C58H73N5O6Si/c1-58(2,3)70(4,5)69-54(50-29-31-53(56-51(50)30-32-55(65)61-56)67-43-45-22-12-7-13-23-45)42-63(41-44-20-10-6-11-21-44)36-19-9-16-26-47(64)40-59-35-39-62-37-33-48(34-38-62)68-57(66)60-52-28-18-17-27-49(52)46-24-14-8-15-25-46/h6-8,10-15,17-18,20-25,27-32,48,54,59H,9,16,19,26,33-43H2,1-5H3,(H,60,66)(H,61,65)/t54-/m0/s1. The van der Waals surface area contributed by atoms with E-state index in [1.165, 1.54) is 5.56 Å². The van der Waals surface area contributed by atoms with Gasteiger partial charge in [-0.3, -0.25) is 19.8 Å². The smallest absolute Gasteiger partial charge is 0.411 e. The van der Waals surface area contributed by atoms with E-state index in [2.05, 4.69) is 89.6 Å². The Morgan fingerprint density at radius 3 is 2.19 bits per heavy atom. The molecule has 6 aromatic rings. The van der Waals surface area contributed by atoms with E-state index >= 15 is 0 Å². The number of H-pyrrole nitrogens is 1. The van der Waals surface area contributed by atoms with Crippen LogP contribution in [0.1, 0.15) is 82.1 Å². The predicted molar refractivity (Wildman–Crippen MR) is 286 cm³/mol. The Morgan fingerprint density at radius 1 is 0.800 bits per heavy atom. The maximum absolute atomic E-state index is 13.0. The van der Waals surface area contributed by atoms with Crippen LogP contribution in [0.2, 0.25) is 18.1 Å². The van der Waals surface area contributed by atoms with Crippen LogP contribution >= 0.6 is 0 Å². The molecule has 70 heavy (non-hydrogen) atoms. The minimum Gasteiger partial charge on any atom is -0.487 e. The van der Waals surface area contributed by atoms with E-state index in [9.17, 15) is 14.4 Å². The Morgan fingerprint density at radius 2 is 1.47 bits per heavy atom. The van der Waals surface area contributed by atoms with Gasteiger partial charge in [-0.1, -0.05) is 142 Å². The number of aromatic nitrogens is 1. The molecule has 1 fully saturated rings. The van der Waals surface area contributed by atoms with Crippen molar-refractivity contribution in [2.24, 2.45) is 0 Å². The second-order valence-corrected chi connectivity index (χ2v) is 24.9. The van der Waals surface area contributed by atoms with Crippen molar-refractivity contribution in [3.8, 4) is 16.9 Å². The van der Waals surface area contributed by atoms with Crippen LogP contribution in [0.25, 0.3) is 22.0 Å². The van der Waals surface area contributed by atoms with Gasteiger partial charge in [-0.15, -0.1) is 0 Å². The molecule has 1 atom stereocenters. The van der Waals surface area contributed by atoms with Gasteiger partial charge in [0, 0.05) is 62.7 Å². The van der Waals surface area contributed by atoms with E-state index in [1.54, 1.807) is 6.07 Å². The quantitative estimate of drug-likeness (QED) is 0.0402. The topological polar surface area (TPSA) is 125 Å². The van der Waals surface area contributed by atoms with E-state index < -0.39 is 14.4 Å². The Balaban J connectivity index is 0.881. The van der Waals surface area contributed by atoms with E-state index in [4.69, 9.17) is 13.9 Å². The Hall–Kier alpha value is -5.89. The second kappa shape index (κ2) is 25.3. The number of aromatic amines is 1. The zero-order valence-electron chi connectivity index (χ0n) is 41.9. The summed E-state index contributed by atoms with van der Waals surface area (Å²) in [6.45, 7) is 17.7. The highest BCUT2D eigenvalue weighted by molar-refractivity contribution is 6.74. The number of nitrogens with one attached hydrogen (secondary N) is 3. The number of unbranched alkanes of at least 4 members (excludes halogenated alkanes) is 2. The number of ketones is 1. The SMILES string of the molecule is CC(C)(C)[Si](C)(C)O[C@@H](CN(CCCCCC(=O)CNCCN1CCC(OC(=O)Nc2ccccc2-c2ccccc2)CC1)Cc1ccccc1)c1ccc(OCc2ccccc2)c2[nH]c(=O)ccc12. The third-order valence-electron chi connectivity index (χ3n) is 13.8. The van der Waals surface area contributed by atoms with Crippen LogP contribution in [0.15, 0.2) is 144 Å². The van der Waals surface area contributed by atoms with E-state index in [0.717, 1.165) is 105 Å². The van der Waals surface area contributed by atoms with Crippen LogP contribution in [0, 0.1) is 0 Å². The van der Waals surface area contributed by atoms with Gasteiger partial charge in [0.15, 0.2) is 8.32 Å². The predicted octanol–water partition coefficient (Wildman–Crippen LogP) is 11.8. The maximum Gasteiger partial charge on any atom is 0.411 e. The van der Waals surface area contributed by atoms with Gasteiger partial charge >= 0.3 is 6.09 Å². The third-order valence-corrected chi connectivity index (χ3v) is 18.3. The molecule has 3 N–H and O–H groups in total. The van der Waals surface area contributed by atoms with Gasteiger partial charge in [0.2, 0.25) is 5.56 Å². The number of likely N-dealkylation sites (tertiary alicyclic amines) is 1. The molecule has 1 aromatic heterocycles. The molecule has 2 heterocycles. The molecule has 0 saturated carbocycles. The molecule has 1 aliphatic heterocycles. The summed E-state index contributed by atoms with van der Waals surface area (Å²) in [6, 6.07) is 46.0. The molecule has 11 nitrogen and oxygen atoms in total. The van der Waals surface area contributed by atoms with Gasteiger partial charge in [-0.25, -0.2) is 4.79 Å². The number of amides is 1. The number of benzene rings is 5. The first-order valence-electron chi connectivity index (χ1n) is 25.1. The van der Waals surface area contributed by atoms with Gasteiger partial charge in [-0.05, 0) is 90.8 Å². The molecule has 1 aliphatic rings. The number of nitrogens with zero attached hydrogens (tertiary/aromatic N) is 2. The average Bonchev–Trinajstić information content (AvgIpc) is 3.35. The molecule has 5 aromatic carbocycles. The van der Waals surface area contributed by atoms with Gasteiger partial charge in [-0.2, -0.15) is 0 Å². The van der Waals surface area contributed by atoms with Crippen LogP contribution < -0.4 is 20.9 Å². The number of rotatable bonds is 24. The molecule has 0 spiro atoms. The van der Waals surface area contributed by atoms with Crippen molar-refractivity contribution in [3.63, 3.8) is 0 Å². The number of hydrogen-bond acceptors (Lipinski definition) is 9. The molecular formula is C58H73N5O6Si. The summed E-state index contributed by atoms with van der Waals surface area (Å²) in [5, 5.41) is 7.23. The summed E-state index contributed by atoms with van der Waals surface area (Å²) in [5.41, 5.74) is 6.52. The highest BCUT2D eigenvalue weighted by Gasteiger charge is 2.40. The molecule has 1 amide bonds. The number of piperidine rings is 1. The lowest BCUT2D eigenvalue weighted by Crippen LogP contribution is -2.44. The summed E-state index contributed by atoms with van der Waals surface area (Å²) in [7, 11) is -2.29. The summed E-state index contributed by atoms with van der Waals surface area (Å²) >= 11 is 0. The molecule has 1 saturated heterocycles. The molecule has 0 unspecified atom stereocenters. The molecule has 370 valence electrons. The number of fused-ring (bicyclic) bond motifs is 1. The van der Waals surface area contributed by atoms with Crippen molar-refractivity contribution in [1.82, 2.24) is 20.1 Å². The van der Waals surface area contributed by atoms with Crippen LogP contribution in [0.3, 0.4) is 0 Å². The fourth-order valence-electron chi connectivity index (χ4n) is 8.82. The fraction of sp³-hybridized carbons (Fsp3) is 0.397. The molecule has 0 aliphatic carbocycles.